The van der Waals surface area contributed by atoms with Gasteiger partial charge in [-0.05, 0) is 38.1 Å². The topological polar surface area (TPSA) is 58.6 Å². The Bertz CT molecular complexity index is 685. The third-order valence-electron chi connectivity index (χ3n) is 3.30. The molecule has 0 aliphatic carbocycles. The van der Waals surface area contributed by atoms with Crippen LogP contribution in [0.1, 0.15) is 29.8 Å². The molecular formula is C18H20ClNO3. The number of benzene rings is 2. The Hall–Kier alpha value is -2.04. The Morgan fingerprint density at radius 2 is 1.96 bits per heavy atom. The summed E-state index contributed by atoms with van der Waals surface area (Å²) in [6, 6.07) is 14.4. The average Bonchev–Trinajstić information content (AvgIpc) is 2.54. The summed E-state index contributed by atoms with van der Waals surface area (Å²) in [5, 5.41) is 12.6. The summed E-state index contributed by atoms with van der Waals surface area (Å²) >= 11 is 6.09. The lowest BCUT2D eigenvalue weighted by Gasteiger charge is -2.23. The molecule has 0 fully saturated rings. The van der Waals surface area contributed by atoms with E-state index in [4.69, 9.17) is 16.3 Å². The Balaban J connectivity index is 2.05. The fourth-order valence-corrected chi connectivity index (χ4v) is 2.11. The van der Waals surface area contributed by atoms with Gasteiger partial charge in [0.15, 0.2) is 0 Å². The molecule has 5 heteroatoms. The van der Waals surface area contributed by atoms with Crippen molar-refractivity contribution in [2.24, 2.45) is 0 Å². The number of hydrogen-bond donors (Lipinski definition) is 2. The van der Waals surface area contributed by atoms with Crippen molar-refractivity contribution in [3.05, 3.63) is 64.7 Å². The number of aliphatic hydroxyl groups is 1. The van der Waals surface area contributed by atoms with Gasteiger partial charge in [0, 0.05) is 16.1 Å². The minimum atomic E-state index is -0.675. The van der Waals surface area contributed by atoms with Crippen LogP contribution in [0.25, 0.3) is 0 Å². The highest BCUT2D eigenvalue weighted by Gasteiger charge is 2.20. The van der Waals surface area contributed by atoms with Gasteiger partial charge in [0.05, 0.1) is 12.1 Å². The Morgan fingerprint density at radius 3 is 2.65 bits per heavy atom. The molecular weight excluding hydrogens is 314 g/mol. The zero-order valence-electron chi connectivity index (χ0n) is 13.2. The first-order chi connectivity index (χ1) is 10.9. The van der Waals surface area contributed by atoms with Crippen LogP contribution in [0.15, 0.2) is 48.5 Å². The van der Waals surface area contributed by atoms with Crippen molar-refractivity contribution in [1.82, 2.24) is 5.32 Å². The minimum absolute atomic E-state index is 0.137. The lowest BCUT2D eigenvalue weighted by atomic mass is 10.1. The van der Waals surface area contributed by atoms with Crippen LogP contribution >= 0.6 is 11.6 Å². The summed E-state index contributed by atoms with van der Waals surface area (Å²) < 4.78 is 5.71. The number of nitrogens with one attached hydrogen (secondary N) is 1. The van der Waals surface area contributed by atoms with E-state index >= 15 is 0 Å². The second kappa shape index (κ2) is 7.49. The van der Waals surface area contributed by atoms with Crippen molar-refractivity contribution in [3.63, 3.8) is 0 Å². The standard InChI is InChI=1S/C18H20ClNO3/c1-18(2,12-21)20-17(22)13-7-5-8-15(10-13)23-11-14-6-3-4-9-16(14)19/h3-10,21H,11-12H2,1-2H3,(H,20,22). The zero-order chi connectivity index (χ0) is 16.9. The van der Waals surface area contributed by atoms with E-state index in [1.54, 1.807) is 44.2 Å². The van der Waals surface area contributed by atoms with Gasteiger partial charge >= 0.3 is 0 Å². The number of aliphatic hydroxyl groups excluding tert-OH is 1. The zero-order valence-corrected chi connectivity index (χ0v) is 13.9. The van der Waals surface area contributed by atoms with Gasteiger partial charge in [0.25, 0.3) is 5.91 Å². The largest absolute Gasteiger partial charge is 0.489 e. The molecule has 0 heterocycles. The highest BCUT2D eigenvalue weighted by molar-refractivity contribution is 6.31. The molecule has 0 saturated carbocycles. The van der Waals surface area contributed by atoms with Crippen molar-refractivity contribution >= 4 is 17.5 Å². The van der Waals surface area contributed by atoms with Gasteiger partial charge in [-0.2, -0.15) is 0 Å². The molecule has 2 aromatic carbocycles. The van der Waals surface area contributed by atoms with Gasteiger partial charge in [0.1, 0.15) is 12.4 Å². The normalized spacial score (nSPS) is 11.1. The molecule has 2 aromatic rings. The molecule has 0 spiro atoms. The summed E-state index contributed by atoms with van der Waals surface area (Å²) in [5.41, 5.74) is 0.680. The molecule has 0 aromatic heterocycles. The number of carbonyl (C=O) groups excluding carboxylic acids is 1. The van der Waals surface area contributed by atoms with E-state index < -0.39 is 5.54 Å². The summed E-state index contributed by atoms with van der Waals surface area (Å²) in [7, 11) is 0. The summed E-state index contributed by atoms with van der Waals surface area (Å²) in [6.07, 6.45) is 0. The van der Waals surface area contributed by atoms with Crippen molar-refractivity contribution in [2.75, 3.05) is 6.61 Å². The van der Waals surface area contributed by atoms with Gasteiger partial charge in [-0.1, -0.05) is 35.9 Å². The summed E-state index contributed by atoms with van der Waals surface area (Å²) in [6.45, 7) is 3.69. The molecule has 4 nitrogen and oxygen atoms in total. The van der Waals surface area contributed by atoms with Gasteiger partial charge in [-0.15, -0.1) is 0 Å². The van der Waals surface area contributed by atoms with E-state index in [2.05, 4.69) is 5.32 Å². The number of rotatable bonds is 6. The van der Waals surface area contributed by atoms with Crippen molar-refractivity contribution in [2.45, 2.75) is 26.0 Å². The average molecular weight is 334 g/mol. The van der Waals surface area contributed by atoms with Crippen molar-refractivity contribution in [1.29, 1.82) is 0 Å². The van der Waals surface area contributed by atoms with Gasteiger partial charge in [-0.3, -0.25) is 4.79 Å². The molecule has 0 atom stereocenters. The Labute approximate surface area is 141 Å². The molecule has 2 rings (SSSR count). The van der Waals surface area contributed by atoms with Crippen LogP contribution in [-0.2, 0) is 6.61 Å². The van der Waals surface area contributed by atoms with Crippen LogP contribution in [0.2, 0.25) is 5.02 Å². The Morgan fingerprint density at radius 1 is 1.22 bits per heavy atom. The molecule has 2 N–H and O–H groups in total. The van der Waals surface area contributed by atoms with Crippen LogP contribution in [0.5, 0.6) is 5.75 Å². The maximum Gasteiger partial charge on any atom is 0.251 e. The van der Waals surface area contributed by atoms with Crippen LogP contribution in [0, 0.1) is 0 Å². The second-order valence-electron chi connectivity index (χ2n) is 5.90. The first-order valence-electron chi connectivity index (χ1n) is 7.31. The number of hydrogen-bond acceptors (Lipinski definition) is 3. The second-order valence-corrected chi connectivity index (χ2v) is 6.31. The van der Waals surface area contributed by atoms with E-state index in [0.717, 1.165) is 5.56 Å². The summed E-state index contributed by atoms with van der Waals surface area (Å²) in [4.78, 5) is 12.2. The Kier molecular flexibility index (Phi) is 5.64. The number of amides is 1. The lowest BCUT2D eigenvalue weighted by molar-refractivity contribution is 0.0869. The SMILES string of the molecule is CC(C)(CO)NC(=O)c1cccc(OCc2ccccc2Cl)c1. The molecule has 122 valence electrons. The minimum Gasteiger partial charge on any atom is -0.489 e. The molecule has 0 unspecified atom stereocenters. The lowest BCUT2D eigenvalue weighted by Crippen LogP contribution is -2.46. The van der Waals surface area contributed by atoms with E-state index in [1.165, 1.54) is 0 Å². The third-order valence-corrected chi connectivity index (χ3v) is 3.66. The van der Waals surface area contributed by atoms with E-state index in [9.17, 15) is 9.90 Å². The van der Waals surface area contributed by atoms with Gasteiger partial charge in [-0.25, -0.2) is 0 Å². The maximum atomic E-state index is 12.2. The van der Waals surface area contributed by atoms with Crippen LogP contribution in [-0.4, -0.2) is 23.2 Å². The monoisotopic (exact) mass is 333 g/mol. The maximum absolute atomic E-state index is 12.2. The van der Waals surface area contributed by atoms with E-state index in [1.807, 2.05) is 18.2 Å². The van der Waals surface area contributed by atoms with E-state index in [-0.39, 0.29) is 12.5 Å². The summed E-state index contributed by atoms with van der Waals surface area (Å²) in [5.74, 6) is 0.326. The number of carbonyl (C=O) groups is 1. The van der Waals surface area contributed by atoms with Crippen LogP contribution < -0.4 is 10.1 Å². The first kappa shape index (κ1) is 17.3. The highest BCUT2D eigenvalue weighted by atomic mass is 35.5. The quantitative estimate of drug-likeness (QED) is 0.851. The smallest absolute Gasteiger partial charge is 0.251 e. The van der Waals surface area contributed by atoms with Crippen LogP contribution in [0.3, 0.4) is 0 Å². The van der Waals surface area contributed by atoms with Crippen LogP contribution in [0.4, 0.5) is 0 Å². The van der Waals surface area contributed by atoms with Gasteiger partial charge in [0.2, 0.25) is 0 Å². The number of ether oxygens (including phenoxy) is 1. The van der Waals surface area contributed by atoms with Crippen molar-refractivity contribution in [3.8, 4) is 5.75 Å². The molecule has 0 aliphatic heterocycles. The highest BCUT2D eigenvalue weighted by Crippen LogP contribution is 2.19. The molecule has 0 bridgehead atoms. The molecule has 0 saturated heterocycles. The predicted octanol–water partition coefficient (Wildman–Crippen LogP) is 3.42. The molecule has 23 heavy (non-hydrogen) atoms. The predicted molar refractivity (Wildman–Crippen MR) is 90.9 cm³/mol. The molecule has 0 aliphatic rings. The fourth-order valence-electron chi connectivity index (χ4n) is 1.92. The molecule has 1 amide bonds. The molecule has 0 radical (unpaired) electrons. The fraction of sp³-hybridized carbons (Fsp3) is 0.278. The van der Waals surface area contributed by atoms with Gasteiger partial charge < -0.3 is 15.2 Å². The van der Waals surface area contributed by atoms with E-state index in [0.29, 0.717) is 22.9 Å². The van der Waals surface area contributed by atoms with Crippen molar-refractivity contribution < 1.29 is 14.6 Å². The third kappa shape index (κ3) is 4.98. The first-order valence-corrected chi connectivity index (χ1v) is 7.69. The number of halogens is 1.